The van der Waals surface area contributed by atoms with Crippen LogP contribution in [-0.4, -0.2) is 13.6 Å². The zero-order valence-electron chi connectivity index (χ0n) is 4.94. The highest BCUT2D eigenvalue weighted by molar-refractivity contribution is 4.90. The van der Waals surface area contributed by atoms with Gasteiger partial charge in [0.25, 0.3) is 0 Å². The Morgan fingerprint density at radius 1 is 1.86 bits per heavy atom. The zero-order valence-corrected chi connectivity index (χ0v) is 4.94. The van der Waals surface area contributed by atoms with Gasteiger partial charge < -0.3 is 11.1 Å². The molecule has 0 aromatic heterocycles. The summed E-state index contributed by atoms with van der Waals surface area (Å²) in [4.78, 5) is 0. The van der Waals surface area contributed by atoms with Gasteiger partial charge in [-0.2, -0.15) is 0 Å². The fourth-order valence-electron chi connectivity index (χ4n) is 0.304. The molecule has 4 N–H and O–H groups in total. The van der Waals surface area contributed by atoms with Crippen LogP contribution in [0.15, 0.2) is 11.8 Å². The van der Waals surface area contributed by atoms with Crippen molar-refractivity contribution in [2.75, 3.05) is 13.6 Å². The van der Waals surface area contributed by atoms with Gasteiger partial charge in [0.1, 0.15) is 0 Å². The molecule has 0 spiro atoms. The normalized spacial score (nSPS) is 12.0. The van der Waals surface area contributed by atoms with E-state index in [2.05, 4.69) is 5.32 Å². The summed E-state index contributed by atoms with van der Waals surface area (Å²) in [5.41, 5.74) is 6.22. The maximum atomic E-state index is 5.32. The highest BCUT2D eigenvalue weighted by atomic mass is 14.8. The van der Waals surface area contributed by atoms with Gasteiger partial charge in [0.15, 0.2) is 0 Å². The molecule has 0 aromatic carbocycles. The lowest BCUT2D eigenvalue weighted by atomic mass is 10.4. The van der Waals surface area contributed by atoms with Gasteiger partial charge in [0.2, 0.25) is 0 Å². The summed E-state index contributed by atoms with van der Waals surface area (Å²) in [6.07, 6.45) is 1.99. The number of quaternary nitrogens is 1. The van der Waals surface area contributed by atoms with E-state index in [0.717, 1.165) is 12.2 Å². The first-order valence-electron chi connectivity index (χ1n) is 2.47. The first kappa shape index (κ1) is 6.50. The number of allylic oxidation sites excluding steroid dienone is 1. The van der Waals surface area contributed by atoms with Crippen LogP contribution in [0, 0.1) is 0 Å². The second kappa shape index (κ2) is 3.68. The lowest BCUT2D eigenvalue weighted by Crippen LogP contribution is -2.79. The van der Waals surface area contributed by atoms with E-state index in [-0.39, 0.29) is 0 Å². The molecule has 2 heteroatoms. The van der Waals surface area contributed by atoms with Gasteiger partial charge >= 0.3 is 0 Å². The topological polar surface area (TPSA) is 42.6 Å². The number of hydrogen-bond acceptors (Lipinski definition) is 1. The maximum absolute atomic E-state index is 5.32. The molecule has 0 rings (SSSR count). The third-order valence-electron chi connectivity index (χ3n) is 0.676. The largest absolute Gasteiger partial charge is 0.402 e. The van der Waals surface area contributed by atoms with Gasteiger partial charge in [-0.05, 0) is 13.0 Å². The van der Waals surface area contributed by atoms with Gasteiger partial charge in [-0.15, -0.1) is 0 Å². The number of likely N-dealkylation sites (N-methyl/N-ethyl adjacent to an activating group) is 1. The predicted molar refractivity (Wildman–Crippen MR) is 30.7 cm³/mol. The second-order valence-electron chi connectivity index (χ2n) is 1.59. The van der Waals surface area contributed by atoms with Crippen molar-refractivity contribution in [2.24, 2.45) is 5.73 Å². The van der Waals surface area contributed by atoms with Gasteiger partial charge in [-0.25, -0.2) is 0 Å². The third kappa shape index (κ3) is 5.50. The molecule has 0 amide bonds. The summed E-state index contributed by atoms with van der Waals surface area (Å²) in [7, 11) is 2.01. The molecule has 0 fully saturated rings. The molecule has 0 aliphatic rings. The van der Waals surface area contributed by atoms with Crippen LogP contribution in [0.2, 0.25) is 0 Å². The van der Waals surface area contributed by atoms with E-state index >= 15 is 0 Å². The number of hydrogen-bond donors (Lipinski definition) is 2. The van der Waals surface area contributed by atoms with E-state index < -0.39 is 0 Å². The molecule has 2 nitrogen and oxygen atoms in total. The van der Waals surface area contributed by atoms with Crippen molar-refractivity contribution in [2.45, 2.75) is 6.92 Å². The lowest BCUT2D eigenvalue weighted by Gasteiger charge is -1.86. The average Bonchev–Trinajstić information content (AvgIpc) is 1.61. The number of nitrogens with two attached hydrogens (primary N) is 2. The van der Waals surface area contributed by atoms with Crippen molar-refractivity contribution in [1.82, 2.24) is 0 Å². The van der Waals surface area contributed by atoms with Crippen molar-refractivity contribution in [3.63, 3.8) is 0 Å². The van der Waals surface area contributed by atoms with Crippen LogP contribution in [0.4, 0.5) is 0 Å². The molecule has 0 saturated heterocycles. The summed E-state index contributed by atoms with van der Waals surface area (Å²) in [6, 6.07) is 0. The summed E-state index contributed by atoms with van der Waals surface area (Å²) in [6.45, 7) is 2.88. The Hall–Kier alpha value is -0.500. The summed E-state index contributed by atoms with van der Waals surface area (Å²) < 4.78 is 0. The summed E-state index contributed by atoms with van der Waals surface area (Å²) in [5, 5.41) is 2.07. The van der Waals surface area contributed by atoms with Crippen molar-refractivity contribution in [1.29, 1.82) is 0 Å². The minimum atomic E-state index is 0.901. The standard InChI is InChI=1S/C5H12N2/c1-5(6)3-4-7-2/h3,7H,4,6H2,1-2H3/p+1/b5-3+. The smallest absolute Gasteiger partial charge is 0.0959 e. The van der Waals surface area contributed by atoms with Crippen molar-refractivity contribution >= 4 is 0 Å². The molecule has 0 saturated carbocycles. The molecule has 42 valence electrons. The maximum Gasteiger partial charge on any atom is 0.0959 e. The van der Waals surface area contributed by atoms with Crippen molar-refractivity contribution < 1.29 is 5.32 Å². The molecule has 0 heterocycles. The Morgan fingerprint density at radius 3 is 2.57 bits per heavy atom. The average molecular weight is 101 g/mol. The van der Waals surface area contributed by atoms with E-state index in [0.29, 0.717) is 0 Å². The highest BCUT2D eigenvalue weighted by Gasteiger charge is 1.74. The van der Waals surface area contributed by atoms with Crippen LogP contribution in [0.5, 0.6) is 0 Å². The first-order valence-corrected chi connectivity index (χ1v) is 2.47. The molecule has 0 aliphatic carbocycles. The Morgan fingerprint density at radius 2 is 2.43 bits per heavy atom. The highest BCUT2D eigenvalue weighted by Crippen LogP contribution is 1.71. The van der Waals surface area contributed by atoms with Crippen LogP contribution in [0.25, 0.3) is 0 Å². The van der Waals surface area contributed by atoms with Crippen LogP contribution in [0.3, 0.4) is 0 Å². The molecule has 0 aromatic rings. The summed E-state index contributed by atoms with van der Waals surface area (Å²) >= 11 is 0. The molecule has 0 atom stereocenters. The monoisotopic (exact) mass is 101 g/mol. The van der Waals surface area contributed by atoms with Gasteiger partial charge in [0, 0.05) is 5.70 Å². The van der Waals surface area contributed by atoms with Crippen LogP contribution < -0.4 is 11.1 Å². The van der Waals surface area contributed by atoms with Crippen LogP contribution in [-0.2, 0) is 0 Å². The van der Waals surface area contributed by atoms with Crippen LogP contribution >= 0.6 is 0 Å². The fourth-order valence-corrected chi connectivity index (χ4v) is 0.304. The Kier molecular flexibility index (Phi) is 3.42. The minimum absolute atomic E-state index is 0.901. The summed E-state index contributed by atoms with van der Waals surface area (Å²) in [5.74, 6) is 0. The van der Waals surface area contributed by atoms with E-state index in [9.17, 15) is 0 Å². The molecule has 0 radical (unpaired) electrons. The Bertz CT molecular complexity index is 62.5. The molecule has 0 bridgehead atoms. The zero-order chi connectivity index (χ0) is 5.70. The number of rotatable bonds is 2. The molecular formula is C5H13N2+. The Labute approximate surface area is 44.4 Å². The van der Waals surface area contributed by atoms with E-state index in [1.54, 1.807) is 0 Å². The molecule has 0 aliphatic heterocycles. The fraction of sp³-hybridized carbons (Fsp3) is 0.600. The second-order valence-corrected chi connectivity index (χ2v) is 1.59. The lowest BCUT2D eigenvalue weighted by molar-refractivity contribution is -0.617. The van der Waals surface area contributed by atoms with E-state index in [1.165, 1.54) is 0 Å². The van der Waals surface area contributed by atoms with Gasteiger partial charge in [0.05, 0.1) is 13.6 Å². The molecule has 0 unspecified atom stereocenters. The quantitative estimate of drug-likeness (QED) is 0.462. The Balaban J connectivity index is 3.08. The van der Waals surface area contributed by atoms with Crippen LogP contribution in [0.1, 0.15) is 6.92 Å². The SMILES string of the molecule is C[NH2+]C/C=C(\C)N. The predicted octanol–water partition coefficient (Wildman–Crippen LogP) is -0.958. The van der Waals surface area contributed by atoms with Crippen molar-refractivity contribution in [3.8, 4) is 0 Å². The van der Waals surface area contributed by atoms with Crippen molar-refractivity contribution in [3.05, 3.63) is 11.8 Å². The third-order valence-corrected chi connectivity index (χ3v) is 0.676. The molecular weight excluding hydrogens is 88.1 g/mol. The van der Waals surface area contributed by atoms with Gasteiger partial charge in [-0.3, -0.25) is 0 Å². The van der Waals surface area contributed by atoms with Gasteiger partial charge in [-0.1, -0.05) is 0 Å². The van der Waals surface area contributed by atoms with E-state index in [4.69, 9.17) is 5.73 Å². The van der Waals surface area contributed by atoms with E-state index in [1.807, 2.05) is 20.0 Å². The first-order chi connectivity index (χ1) is 3.27. The molecule has 7 heavy (non-hydrogen) atoms. The minimum Gasteiger partial charge on any atom is -0.402 e.